The van der Waals surface area contributed by atoms with E-state index in [1.54, 1.807) is 0 Å². The van der Waals surface area contributed by atoms with Crippen molar-refractivity contribution in [1.82, 2.24) is 9.80 Å². The maximum absolute atomic E-state index is 12.8. The molecule has 1 heterocycles. The molecule has 0 aromatic heterocycles. The summed E-state index contributed by atoms with van der Waals surface area (Å²) in [4.78, 5) is 17.2. The number of rotatable bonds is 3. The Balaban J connectivity index is 1.62. The fourth-order valence-electron chi connectivity index (χ4n) is 3.19. The largest absolute Gasteiger partial charge is 0.322 e. The second-order valence-electron chi connectivity index (χ2n) is 6.65. The summed E-state index contributed by atoms with van der Waals surface area (Å²) in [5.41, 5.74) is 2.10. The summed E-state index contributed by atoms with van der Waals surface area (Å²) >= 11 is 6.94. The first-order valence-electron chi connectivity index (χ1n) is 8.82. The molecule has 138 valence electrons. The third-order valence-electron chi connectivity index (χ3n) is 4.73. The molecule has 0 saturated carbocycles. The lowest BCUT2D eigenvalue weighted by atomic mass is 10.2. The molecule has 26 heavy (non-hydrogen) atoms. The summed E-state index contributed by atoms with van der Waals surface area (Å²) < 4.78 is 1.84. The predicted octanol–water partition coefficient (Wildman–Crippen LogP) is 5.34. The monoisotopic (exact) mass is 479 g/mol. The molecule has 4 nitrogen and oxygen atoms in total. The van der Waals surface area contributed by atoms with Crippen LogP contribution in [-0.4, -0.2) is 41.5 Å². The van der Waals surface area contributed by atoms with Crippen molar-refractivity contribution in [2.75, 3.05) is 25.0 Å². The Morgan fingerprint density at radius 1 is 1.12 bits per heavy atom. The number of anilines is 1. The van der Waals surface area contributed by atoms with Gasteiger partial charge in [0.15, 0.2) is 0 Å². The van der Waals surface area contributed by atoms with Crippen molar-refractivity contribution in [3.05, 3.63) is 63.0 Å². The Kier molecular flexibility index (Phi) is 6.73. The highest BCUT2D eigenvalue weighted by atomic mass is 79.9. The zero-order valence-corrected chi connectivity index (χ0v) is 18.0. The molecule has 0 bridgehead atoms. The van der Waals surface area contributed by atoms with Gasteiger partial charge < -0.3 is 10.2 Å². The van der Waals surface area contributed by atoms with Crippen LogP contribution in [0.3, 0.4) is 0 Å². The molecule has 0 spiro atoms. The van der Waals surface area contributed by atoms with E-state index in [-0.39, 0.29) is 12.1 Å². The Morgan fingerprint density at radius 2 is 1.88 bits per heavy atom. The van der Waals surface area contributed by atoms with Crippen LogP contribution in [0.25, 0.3) is 0 Å². The molecule has 6 heteroatoms. The summed E-state index contributed by atoms with van der Waals surface area (Å²) in [6.45, 7) is 5.67. The summed E-state index contributed by atoms with van der Waals surface area (Å²) in [6.07, 6.45) is 0.974. The van der Waals surface area contributed by atoms with Gasteiger partial charge >= 0.3 is 6.03 Å². The number of hydrogen-bond acceptors (Lipinski definition) is 2. The lowest BCUT2D eigenvalue weighted by Crippen LogP contribution is -2.42. The van der Waals surface area contributed by atoms with Crippen molar-refractivity contribution in [3.63, 3.8) is 0 Å². The molecule has 0 radical (unpaired) electrons. The third-order valence-corrected chi connectivity index (χ3v) is 5.88. The summed E-state index contributed by atoms with van der Waals surface area (Å²) in [5, 5.41) is 3.03. The SMILES string of the molecule is CC1CCN(Cc2ccccc2)CCN1C(=O)Nc1ccc(Br)cc1Br. The molecular weight excluding hydrogens is 458 g/mol. The number of carbonyl (C=O) groups is 1. The second-order valence-corrected chi connectivity index (χ2v) is 8.42. The molecule has 0 aliphatic carbocycles. The van der Waals surface area contributed by atoms with Crippen molar-refractivity contribution >= 4 is 43.6 Å². The predicted molar refractivity (Wildman–Crippen MR) is 113 cm³/mol. The molecule has 1 atom stereocenters. The van der Waals surface area contributed by atoms with Gasteiger partial charge in [0.2, 0.25) is 0 Å². The molecule has 1 unspecified atom stereocenters. The second kappa shape index (κ2) is 9.02. The normalized spacial score (nSPS) is 18.4. The minimum absolute atomic E-state index is 0.0397. The first-order valence-corrected chi connectivity index (χ1v) is 10.4. The molecular formula is C20H23Br2N3O. The average molecular weight is 481 g/mol. The van der Waals surface area contributed by atoms with E-state index in [1.165, 1.54) is 5.56 Å². The van der Waals surface area contributed by atoms with Crippen molar-refractivity contribution in [1.29, 1.82) is 0 Å². The van der Waals surface area contributed by atoms with E-state index in [9.17, 15) is 4.79 Å². The summed E-state index contributed by atoms with van der Waals surface area (Å²) in [5.74, 6) is 0. The highest BCUT2D eigenvalue weighted by Crippen LogP contribution is 2.27. The van der Waals surface area contributed by atoms with Crippen LogP contribution < -0.4 is 5.32 Å². The zero-order valence-electron chi connectivity index (χ0n) is 14.8. The average Bonchev–Trinajstić information content (AvgIpc) is 2.80. The van der Waals surface area contributed by atoms with Gasteiger partial charge in [-0.2, -0.15) is 0 Å². The van der Waals surface area contributed by atoms with Crippen LogP contribution in [-0.2, 0) is 6.54 Å². The Morgan fingerprint density at radius 3 is 2.62 bits per heavy atom. The van der Waals surface area contributed by atoms with Gasteiger partial charge in [-0.15, -0.1) is 0 Å². The number of nitrogens with one attached hydrogen (secondary N) is 1. The van der Waals surface area contributed by atoms with Crippen LogP contribution in [0.15, 0.2) is 57.5 Å². The van der Waals surface area contributed by atoms with Gasteiger partial charge in [0.25, 0.3) is 0 Å². The third kappa shape index (κ3) is 5.09. The van der Waals surface area contributed by atoms with E-state index in [2.05, 4.69) is 73.3 Å². The van der Waals surface area contributed by atoms with E-state index in [4.69, 9.17) is 0 Å². The van der Waals surface area contributed by atoms with Gasteiger partial charge in [0.1, 0.15) is 0 Å². The van der Waals surface area contributed by atoms with E-state index in [0.29, 0.717) is 0 Å². The van der Waals surface area contributed by atoms with Gasteiger partial charge in [0.05, 0.1) is 5.69 Å². The molecule has 2 aromatic rings. The molecule has 1 saturated heterocycles. The molecule has 1 fully saturated rings. The highest BCUT2D eigenvalue weighted by Gasteiger charge is 2.25. The van der Waals surface area contributed by atoms with E-state index in [0.717, 1.165) is 47.2 Å². The Hall–Kier alpha value is -1.37. The number of nitrogens with zero attached hydrogens (tertiary/aromatic N) is 2. The topological polar surface area (TPSA) is 35.6 Å². The van der Waals surface area contributed by atoms with Crippen molar-refractivity contribution in [3.8, 4) is 0 Å². The quantitative estimate of drug-likeness (QED) is 0.643. The van der Waals surface area contributed by atoms with E-state index in [1.807, 2.05) is 29.2 Å². The molecule has 1 N–H and O–H groups in total. The lowest BCUT2D eigenvalue weighted by Gasteiger charge is -2.27. The van der Waals surface area contributed by atoms with Crippen molar-refractivity contribution in [2.45, 2.75) is 25.9 Å². The maximum atomic E-state index is 12.8. The first-order chi connectivity index (χ1) is 12.5. The first kappa shape index (κ1) is 19.4. The standard InChI is InChI=1S/C20H23Br2N3O/c1-15-9-10-24(14-16-5-3-2-4-6-16)11-12-25(15)20(26)23-19-8-7-17(21)13-18(19)22/h2-8,13,15H,9-12,14H2,1H3,(H,23,26). The molecule has 2 amide bonds. The molecule has 3 rings (SSSR count). The van der Waals surface area contributed by atoms with Gasteiger partial charge in [0, 0.05) is 41.2 Å². The number of halogens is 2. The highest BCUT2D eigenvalue weighted by molar-refractivity contribution is 9.11. The van der Waals surface area contributed by atoms with Crippen LogP contribution in [0.4, 0.5) is 10.5 Å². The van der Waals surface area contributed by atoms with Crippen LogP contribution in [0, 0.1) is 0 Å². The fraction of sp³-hybridized carbons (Fsp3) is 0.350. The van der Waals surface area contributed by atoms with Crippen LogP contribution >= 0.6 is 31.9 Å². The van der Waals surface area contributed by atoms with Gasteiger partial charge in [-0.05, 0) is 53.0 Å². The maximum Gasteiger partial charge on any atom is 0.322 e. The van der Waals surface area contributed by atoms with Gasteiger partial charge in [-0.1, -0.05) is 46.3 Å². The minimum atomic E-state index is -0.0397. The van der Waals surface area contributed by atoms with Crippen molar-refractivity contribution in [2.24, 2.45) is 0 Å². The van der Waals surface area contributed by atoms with Crippen LogP contribution in [0.2, 0.25) is 0 Å². The van der Waals surface area contributed by atoms with Gasteiger partial charge in [-0.25, -0.2) is 4.79 Å². The smallest absolute Gasteiger partial charge is 0.320 e. The number of benzene rings is 2. The Bertz CT molecular complexity index is 754. The van der Waals surface area contributed by atoms with E-state index >= 15 is 0 Å². The fourth-order valence-corrected chi connectivity index (χ4v) is 4.33. The summed E-state index contributed by atoms with van der Waals surface area (Å²) in [6, 6.07) is 16.4. The number of amides is 2. The molecule has 2 aromatic carbocycles. The summed E-state index contributed by atoms with van der Waals surface area (Å²) in [7, 11) is 0. The molecule has 1 aliphatic rings. The zero-order chi connectivity index (χ0) is 18.5. The Labute approximate surface area is 171 Å². The number of urea groups is 1. The van der Waals surface area contributed by atoms with E-state index < -0.39 is 0 Å². The van der Waals surface area contributed by atoms with Crippen molar-refractivity contribution < 1.29 is 4.79 Å². The molecule has 1 aliphatic heterocycles. The lowest BCUT2D eigenvalue weighted by molar-refractivity contribution is 0.194. The van der Waals surface area contributed by atoms with Crippen LogP contribution in [0.5, 0.6) is 0 Å². The minimum Gasteiger partial charge on any atom is -0.320 e. The number of hydrogen-bond donors (Lipinski definition) is 1. The van der Waals surface area contributed by atoms with Crippen LogP contribution in [0.1, 0.15) is 18.9 Å². The van der Waals surface area contributed by atoms with Gasteiger partial charge in [-0.3, -0.25) is 4.90 Å². The number of carbonyl (C=O) groups excluding carboxylic acids is 1.